The second-order valence-corrected chi connectivity index (χ2v) is 3.29. The lowest BCUT2D eigenvalue weighted by atomic mass is 10.1. The zero-order valence-electron chi connectivity index (χ0n) is 8.57. The first-order chi connectivity index (χ1) is 7.51. The summed E-state index contributed by atoms with van der Waals surface area (Å²) in [5.74, 6) is -0.763. The molecule has 0 unspecified atom stereocenters. The minimum atomic E-state index is -1.01. The van der Waals surface area contributed by atoms with Crippen molar-refractivity contribution in [3.63, 3.8) is 0 Å². The molecule has 0 saturated carbocycles. The van der Waals surface area contributed by atoms with Gasteiger partial charge in [0.25, 0.3) is 5.69 Å². The van der Waals surface area contributed by atoms with E-state index in [9.17, 15) is 14.5 Å². The van der Waals surface area contributed by atoms with Crippen LogP contribution in [0.5, 0.6) is 0 Å². The van der Waals surface area contributed by atoms with Crippen LogP contribution in [0.3, 0.4) is 0 Å². The summed E-state index contributed by atoms with van der Waals surface area (Å²) in [5, 5.41) is 10.4. The predicted molar refractivity (Wildman–Crippen MR) is 54.8 cm³/mol. The Kier molecular flexibility index (Phi) is 4.17. The Morgan fingerprint density at radius 1 is 1.44 bits per heavy atom. The first-order valence-corrected chi connectivity index (χ1v) is 4.58. The standard InChI is InChI=1S/C9H9ClFNO4/c1-15-9(16-2)5-3-7(11)6(10)4-8(5)12(13)14/h3-4,9H,1-2H3. The van der Waals surface area contributed by atoms with E-state index in [1.54, 1.807) is 0 Å². The molecule has 0 aliphatic heterocycles. The van der Waals surface area contributed by atoms with Gasteiger partial charge in [0.05, 0.1) is 15.5 Å². The molecule has 5 nitrogen and oxygen atoms in total. The van der Waals surface area contributed by atoms with Crippen LogP contribution >= 0.6 is 11.6 Å². The van der Waals surface area contributed by atoms with E-state index in [0.29, 0.717) is 0 Å². The molecule has 0 saturated heterocycles. The predicted octanol–water partition coefficient (Wildman–Crippen LogP) is 2.68. The van der Waals surface area contributed by atoms with Crippen LogP contribution in [-0.4, -0.2) is 19.1 Å². The summed E-state index contributed by atoms with van der Waals surface area (Å²) in [4.78, 5) is 10.1. The van der Waals surface area contributed by atoms with Crippen LogP contribution in [0.25, 0.3) is 0 Å². The third-order valence-corrected chi connectivity index (χ3v) is 2.24. The quantitative estimate of drug-likeness (QED) is 0.468. The SMILES string of the molecule is COC(OC)c1cc(F)c(Cl)cc1[N+](=O)[O-]. The number of hydrogen-bond donors (Lipinski definition) is 0. The van der Waals surface area contributed by atoms with Crippen molar-refractivity contribution in [2.75, 3.05) is 14.2 Å². The van der Waals surface area contributed by atoms with E-state index < -0.39 is 17.0 Å². The Labute approximate surface area is 95.9 Å². The topological polar surface area (TPSA) is 61.6 Å². The molecule has 0 N–H and O–H groups in total. The van der Waals surface area contributed by atoms with Gasteiger partial charge in [-0.05, 0) is 6.07 Å². The van der Waals surface area contributed by atoms with Gasteiger partial charge in [0.2, 0.25) is 0 Å². The Morgan fingerprint density at radius 2 is 2.00 bits per heavy atom. The lowest BCUT2D eigenvalue weighted by Gasteiger charge is -2.14. The fraction of sp³-hybridized carbons (Fsp3) is 0.333. The average Bonchev–Trinajstić information content (AvgIpc) is 2.24. The van der Waals surface area contributed by atoms with E-state index in [-0.39, 0.29) is 16.3 Å². The van der Waals surface area contributed by atoms with Gasteiger partial charge >= 0.3 is 0 Å². The largest absolute Gasteiger partial charge is 0.351 e. The fourth-order valence-electron chi connectivity index (χ4n) is 1.25. The highest BCUT2D eigenvalue weighted by Gasteiger charge is 2.24. The molecule has 7 heteroatoms. The Hall–Kier alpha value is -1.24. The van der Waals surface area contributed by atoms with E-state index in [4.69, 9.17) is 21.1 Å². The third kappa shape index (κ3) is 2.46. The average molecular weight is 250 g/mol. The Balaban J connectivity index is 3.34. The van der Waals surface area contributed by atoms with Gasteiger partial charge < -0.3 is 9.47 Å². The Morgan fingerprint density at radius 3 is 2.44 bits per heavy atom. The summed E-state index contributed by atoms with van der Waals surface area (Å²) < 4.78 is 22.9. The van der Waals surface area contributed by atoms with Crippen molar-refractivity contribution in [1.82, 2.24) is 0 Å². The van der Waals surface area contributed by atoms with Gasteiger partial charge in [0.1, 0.15) is 5.82 Å². The van der Waals surface area contributed by atoms with Gasteiger partial charge in [-0.1, -0.05) is 11.6 Å². The lowest BCUT2D eigenvalue weighted by molar-refractivity contribution is -0.387. The highest BCUT2D eigenvalue weighted by atomic mass is 35.5. The molecule has 0 atom stereocenters. The molecule has 1 aromatic carbocycles. The molecule has 0 aliphatic carbocycles. The molecule has 0 aromatic heterocycles. The zero-order chi connectivity index (χ0) is 12.3. The highest BCUT2D eigenvalue weighted by Crippen LogP contribution is 2.32. The number of benzene rings is 1. The summed E-state index contributed by atoms with van der Waals surface area (Å²) in [6.45, 7) is 0. The molecule has 0 aliphatic rings. The van der Waals surface area contributed by atoms with Gasteiger partial charge in [0, 0.05) is 20.3 Å². The monoisotopic (exact) mass is 249 g/mol. The second kappa shape index (κ2) is 5.20. The normalized spacial score (nSPS) is 10.8. The molecule has 0 fully saturated rings. The highest BCUT2D eigenvalue weighted by molar-refractivity contribution is 6.31. The molecule has 0 amide bonds. The zero-order valence-corrected chi connectivity index (χ0v) is 9.32. The second-order valence-electron chi connectivity index (χ2n) is 2.89. The minimum absolute atomic E-state index is 0.0168. The summed E-state index contributed by atoms with van der Waals surface area (Å²) in [7, 11) is 2.59. The number of methoxy groups -OCH3 is 2. The maximum Gasteiger partial charge on any atom is 0.279 e. The molecule has 0 heterocycles. The molecule has 0 bridgehead atoms. The van der Waals surface area contributed by atoms with Crippen LogP contribution in [0.1, 0.15) is 11.9 Å². The van der Waals surface area contributed by atoms with Crippen LogP contribution < -0.4 is 0 Å². The molecule has 88 valence electrons. The molecule has 0 spiro atoms. The van der Waals surface area contributed by atoms with E-state index in [2.05, 4.69) is 0 Å². The maximum atomic E-state index is 13.2. The van der Waals surface area contributed by atoms with Crippen LogP contribution in [0.4, 0.5) is 10.1 Å². The molecule has 1 aromatic rings. The number of hydrogen-bond acceptors (Lipinski definition) is 4. The maximum absolute atomic E-state index is 13.2. The van der Waals surface area contributed by atoms with Crippen LogP contribution in [-0.2, 0) is 9.47 Å². The van der Waals surface area contributed by atoms with Crippen molar-refractivity contribution in [3.8, 4) is 0 Å². The number of halogens is 2. The number of nitro benzene ring substituents is 1. The summed E-state index contributed by atoms with van der Waals surface area (Å²) in [6, 6.07) is 1.86. The minimum Gasteiger partial charge on any atom is -0.351 e. The number of ether oxygens (including phenoxy) is 2. The van der Waals surface area contributed by atoms with Gasteiger partial charge in [-0.3, -0.25) is 10.1 Å². The Bertz CT molecular complexity index is 409. The van der Waals surface area contributed by atoms with E-state index in [1.807, 2.05) is 0 Å². The van der Waals surface area contributed by atoms with Crippen molar-refractivity contribution in [2.24, 2.45) is 0 Å². The van der Waals surface area contributed by atoms with E-state index in [1.165, 1.54) is 14.2 Å². The molecule has 1 rings (SSSR count). The smallest absolute Gasteiger partial charge is 0.279 e. The van der Waals surface area contributed by atoms with Crippen LogP contribution in [0.2, 0.25) is 5.02 Å². The van der Waals surface area contributed by atoms with Gasteiger partial charge in [-0.25, -0.2) is 4.39 Å². The summed E-state index contributed by atoms with van der Waals surface area (Å²) in [5.41, 5.74) is -0.364. The molecule has 0 radical (unpaired) electrons. The van der Waals surface area contributed by atoms with Crippen molar-refractivity contribution in [1.29, 1.82) is 0 Å². The van der Waals surface area contributed by atoms with E-state index >= 15 is 0 Å². The van der Waals surface area contributed by atoms with E-state index in [0.717, 1.165) is 12.1 Å². The van der Waals surface area contributed by atoms with Gasteiger partial charge in [-0.15, -0.1) is 0 Å². The van der Waals surface area contributed by atoms with Gasteiger partial charge in [0.15, 0.2) is 6.29 Å². The third-order valence-electron chi connectivity index (χ3n) is 1.95. The first kappa shape index (κ1) is 12.8. The van der Waals surface area contributed by atoms with Gasteiger partial charge in [-0.2, -0.15) is 0 Å². The number of nitro groups is 1. The van der Waals surface area contributed by atoms with Crippen molar-refractivity contribution >= 4 is 17.3 Å². The van der Waals surface area contributed by atoms with Crippen LogP contribution in [0.15, 0.2) is 12.1 Å². The molecular formula is C9H9ClFNO4. The number of rotatable bonds is 4. The molecular weight excluding hydrogens is 241 g/mol. The summed E-state index contributed by atoms with van der Waals surface area (Å²) >= 11 is 5.46. The first-order valence-electron chi connectivity index (χ1n) is 4.20. The van der Waals surface area contributed by atoms with Crippen molar-refractivity contribution < 1.29 is 18.8 Å². The van der Waals surface area contributed by atoms with Crippen molar-refractivity contribution in [2.45, 2.75) is 6.29 Å². The number of nitrogens with zero attached hydrogens (tertiary/aromatic N) is 1. The fourth-order valence-corrected chi connectivity index (χ4v) is 1.41. The summed E-state index contributed by atoms with van der Waals surface area (Å²) in [6.07, 6.45) is -1.01. The van der Waals surface area contributed by atoms with Crippen molar-refractivity contribution in [3.05, 3.63) is 38.7 Å². The lowest BCUT2D eigenvalue weighted by Crippen LogP contribution is -2.07. The van der Waals surface area contributed by atoms with Crippen LogP contribution in [0, 0.1) is 15.9 Å². The molecule has 16 heavy (non-hydrogen) atoms.